The zero-order valence-corrected chi connectivity index (χ0v) is 16.7. The number of aromatic nitrogens is 1. The number of amides is 1. The van der Waals surface area contributed by atoms with E-state index in [1.54, 1.807) is 13.1 Å². The quantitative estimate of drug-likeness (QED) is 0.741. The molecule has 2 heterocycles. The first-order chi connectivity index (χ1) is 13.6. The first-order valence-electron chi connectivity index (χ1n) is 8.88. The highest BCUT2D eigenvalue weighted by Crippen LogP contribution is 2.25. The van der Waals surface area contributed by atoms with Crippen LogP contribution in [0.25, 0.3) is 0 Å². The highest BCUT2D eigenvalue weighted by atomic mass is 32.2. The summed E-state index contributed by atoms with van der Waals surface area (Å²) in [6, 6.07) is 1.47. The molecular weight excluding hydrogens is 407 g/mol. The molecule has 2 aromatic rings. The van der Waals surface area contributed by atoms with Gasteiger partial charge in [-0.15, -0.1) is 0 Å². The lowest BCUT2D eigenvalue weighted by atomic mass is 9.94. The lowest BCUT2D eigenvalue weighted by Crippen LogP contribution is -2.38. The molecule has 1 aliphatic heterocycles. The molecule has 1 aromatic heterocycles. The molecule has 10 heteroatoms. The minimum absolute atomic E-state index is 0.0918. The Bertz CT molecular complexity index is 1070. The number of fused-ring (bicyclic) bond motifs is 1. The second-order valence-electron chi connectivity index (χ2n) is 6.98. The van der Waals surface area contributed by atoms with Crippen LogP contribution in [-0.4, -0.2) is 37.0 Å². The number of aryl methyl sites for hydroxylation is 1. The van der Waals surface area contributed by atoms with Gasteiger partial charge in [0.2, 0.25) is 15.9 Å². The van der Waals surface area contributed by atoms with Crippen LogP contribution in [-0.2, 0) is 40.7 Å². The Kier molecular flexibility index (Phi) is 5.95. The maximum absolute atomic E-state index is 13.9. The molecule has 0 fully saturated rings. The second kappa shape index (κ2) is 8.11. The van der Waals surface area contributed by atoms with Crippen molar-refractivity contribution in [2.24, 2.45) is 0 Å². The molecule has 3 rings (SSSR count). The maximum atomic E-state index is 13.9. The van der Waals surface area contributed by atoms with E-state index in [2.05, 4.69) is 9.71 Å². The van der Waals surface area contributed by atoms with Crippen molar-refractivity contribution in [3.8, 4) is 0 Å². The normalized spacial score (nSPS) is 14.0. The summed E-state index contributed by atoms with van der Waals surface area (Å²) in [5.41, 5.74) is 2.48. The predicted octanol–water partition coefficient (Wildman–Crippen LogP) is 1.98. The molecule has 0 unspecified atom stereocenters. The highest BCUT2D eigenvalue weighted by Gasteiger charge is 2.26. The zero-order valence-electron chi connectivity index (χ0n) is 15.9. The molecule has 6 nitrogen and oxygen atoms in total. The Morgan fingerprint density at radius 3 is 2.59 bits per heavy atom. The molecule has 29 heavy (non-hydrogen) atoms. The second-order valence-corrected chi connectivity index (χ2v) is 8.82. The average Bonchev–Trinajstić information content (AvgIpc) is 2.66. The van der Waals surface area contributed by atoms with Crippen molar-refractivity contribution in [2.75, 3.05) is 12.8 Å². The van der Waals surface area contributed by atoms with Crippen LogP contribution in [0.3, 0.4) is 0 Å². The predicted molar refractivity (Wildman–Crippen MR) is 99.8 cm³/mol. The van der Waals surface area contributed by atoms with Crippen LogP contribution < -0.4 is 4.72 Å². The van der Waals surface area contributed by atoms with Gasteiger partial charge in [-0.1, -0.05) is 0 Å². The van der Waals surface area contributed by atoms with Gasteiger partial charge in [-0.05, 0) is 42.2 Å². The molecule has 0 atom stereocenters. The van der Waals surface area contributed by atoms with Crippen molar-refractivity contribution < 1.29 is 26.4 Å². The number of hydrogen-bond donors (Lipinski definition) is 1. The molecule has 0 radical (unpaired) electrons. The summed E-state index contributed by atoms with van der Waals surface area (Å²) >= 11 is 0. The molecule has 0 saturated heterocycles. The molecule has 0 aliphatic carbocycles. The van der Waals surface area contributed by atoms with Crippen LogP contribution in [0.4, 0.5) is 13.2 Å². The van der Waals surface area contributed by atoms with Gasteiger partial charge in [0.05, 0.1) is 12.7 Å². The van der Waals surface area contributed by atoms with E-state index in [4.69, 9.17) is 0 Å². The smallest absolute Gasteiger partial charge is 0.227 e. The summed E-state index contributed by atoms with van der Waals surface area (Å²) in [7, 11) is -3.38. The van der Waals surface area contributed by atoms with Gasteiger partial charge in [-0.3, -0.25) is 9.78 Å². The summed E-state index contributed by atoms with van der Waals surface area (Å²) in [5.74, 6) is -4.07. The van der Waals surface area contributed by atoms with E-state index in [0.29, 0.717) is 24.7 Å². The SMILES string of the molecule is Cc1ncc2c(c1CNS(C)(=O)=O)CCN(C(=O)Cc1c(F)ccc(F)c1F)C2. The van der Waals surface area contributed by atoms with Gasteiger partial charge < -0.3 is 4.90 Å². The van der Waals surface area contributed by atoms with E-state index in [9.17, 15) is 26.4 Å². The monoisotopic (exact) mass is 427 g/mol. The standard InChI is InChI=1S/C19H20F3N3O3S/c1-11-15(9-24-29(2,27)28)13-5-6-25(10-12(13)8-23-11)18(26)7-14-16(20)3-4-17(21)19(14)22/h3-4,8,24H,5-7,9-10H2,1-2H3. The van der Waals surface area contributed by atoms with Crippen molar-refractivity contribution in [1.29, 1.82) is 0 Å². The highest BCUT2D eigenvalue weighted by molar-refractivity contribution is 7.88. The van der Waals surface area contributed by atoms with Gasteiger partial charge >= 0.3 is 0 Å². The van der Waals surface area contributed by atoms with Crippen LogP contribution in [0.1, 0.15) is 27.9 Å². The van der Waals surface area contributed by atoms with E-state index in [0.717, 1.165) is 29.0 Å². The van der Waals surface area contributed by atoms with Crippen molar-refractivity contribution in [2.45, 2.75) is 32.9 Å². The number of nitrogens with one attached hydrogen (secondary N) is 1. The van der Waals surface area contributed by atoms with E-state index >= 15 is 0 Å². The number of sulfonamides is 1. The third-order valence-corrected chi connectivity index (χ3v) is 5.60. The summed E-state index contributed by atoms with van der Waals surface area (Å²) in [6.45, 7) is 2.33. The van der Waals surface area contributed by atoms with E-state index in [1.165, 1.54) is 4.90 Å². The number of halogens is 3. The number of pyridine rings is 1. The third kappa shape index (κ3) is 4.76. The summed E-state index contributed by atoms with van der Waals surface area (Å²) < 4.78 is 66.3. The van der Waals surface area contributed by atoms with Gasteiger partial charge in [0, 0.05) is 37.1 Å². The minimum atomic E-state index is -3.38. The van der Waals surface area contributed by atoms with Crippen LogP contribution in [0, 0.1) is 24.4 Å². The van der Waals surface area contributed by atoms with Crippen LogP contribution in [0.15, 0.2) is 18.3 Å². The Morgan fingerprint density at radius 2 is 1.90 bits per heavy atom. The maximum Gasteiger partial charge on any atom is 0.227 e. The van der Waals surface area contributed by atoms with Gasteiger partial charge in [-0.25, -0.2) is 26.3 Å². The molecule has 1 N–H and O–H groups in total. The Balaban J connectivity index is 1.79. The summed E-state index contributed by atoms with van der Waals surface area (Å²) in [5, 5.41) is 0. The molecule has 0 saturated carbocycles. The Labute approximate surface area is 166 Å². The summed E-state index contributed by atoms with van der Waals surface area (Å²) in [6.07, 6.45) is 2.53. The fraction of sp³-hybridized carbons (Fsp3) is 0.368. The van der Waals surface area contributed by atoms with Crippen molar-refractivity contribution in [1.82, 2.24) is 14.6 Å². The van der Waals surface area contributed by atoms with Crippen LogP contribution >= 0.6 is 0 Å². The molecule has 1 amide bonds. The Morgan fingerprint density at radius 1 is 1.21 bits per heavy atom. The fourth-order valence-corrected chi connectivity index (χ4v) is 3.77. The first kappa shape index (κ1) is 21.3. The first-order valence-corrected chi connectivity index (χ1v) is 10.8. The van der Waals surface area contributed by atoms with E-state index in [1.807, 2.05) is 0 Å². The molecule has 0 spiro atoms. The average molecular weight is 427 g/mol. The minimum Gasteiger partial charge on any atom is -0.338 e. The Hall–Kier alpha value is -2.46. The number of rotatable bonds is 5. The van der Waals surface area contributed by atoms with Gasteiger partial charge in [0.25, 0.3) is 0 Å². The fourth-order valence-electron chi connectivity index (χ4n) is 3.37. The summed E-state index contributed by atoms with van der Waals surface area (Å²) in [4.78, 5) is 18.3. The lowest BCUT2D eigenvalue weighted by molar-refractivity contribution is -0.131. The number of hydrogen-bond acceptors (Lipinski definition) is 4. The lowest BCUT2D eigenvalue weighted by Gasteiger charge is -2.30. The van der Waals surface area contributed by atoms with Gasteiger partial charge in [0.15, 0.2) is 11.6 Å². The molecule has 1 aliphatic rings. The van der Waals surface area contributed by atoms with Crippen molar-refractivity contribution >= 4 is 15.9 Å². The number of nitrogens with zero attached hydrogens (tertiary/aromatic N) is 2. The van der Waals surface area contributed by atoms with Gasteiger partial charge in [0.1, 0.15) is 5.82 Å². The van der Waals surface area contributed by atoms with Crippen molar-refractivity contribution in [3.05, 3.63) is 63.7 Å². The van der Waals surface area contributed by atoms with Crippen molar-refractivity contribution in [3.63, 3.8) is 0 Å². The molecule has 0 bridgehead atoms. The molecular formula is C19H20F3N3O3S. The number of carbonyl (C=O) groups is 1. The number of benzene rings is 1. The largest absolute Gasteiger partial charge is 0.338 e. The molecule has 156 valence electrons. The molecule has 1 aromatic carbocycles. The topological polar surface area (TPSA) is 79.4 Å². The zero-order chi connectivity index (χ0) is 21.3. The third-order valence-electron chi connectivity index (χ3n) is 4.93. The van der Waals surface area contributed by atoms with Crippen LogP contribution in [0.5, 0.6) is 0 Å². The van der Waals surface area contributed by atoms with Gasteiger partial charge in [-0.2, -0.15) is 0 Å². The number of carbonyl (C=O) groups excluding carboxylic acids is 1. The van der Waals surface area contributed by atoms with Crippen LogP contribution in [0.2, 0.25) is 0 Å². The van der Waals surface area contributed by atoms with E-state index in [-0.39, 0.29) is 13.1 Å². The van der Waals surface area contributed by atoms with E-state index < -0.39 is 45.4 Å².